The van der Waals surface area contributed by atoms with Crippen molar-refractivity contribution in [3.8, 4) is 0 Å². The van der Waals surface area contributed by atoms with Crippen molar-refractivity contribution in [1.29, 1.82) is 0 Å². The Balaban J connectivity index is 2.73. The summed E-state index contributed by atoms with van der Waals surface area (Å²) in [6, 6.07) is 0. The molecule has 1 rings (SSSR count). The molecule has 0 spiro atoms. The topological polar surface area (TPSA) is 55.8 Å². The van der Waals surface area contributed by atoms with E-state index >= 15 is 0 Å². The molecule has 0 amide bonds. The standard InChI is InChI=1S/C19H31F3O4/c1-6-18(7-2,25-12-17(5,24)19(20,21)22)14-8-10-15(11-9-14)26-16(23)13(3)4/h14-15,24H,3,6-12H2,1-2,4-5H3. The van der Waals surface area contributed by atoms with E-state index in [2.05, 4.69) is 6.58 Å². The molecule has 0 aromatic heterocycles. The monoisotopic (exact) mass is 380 g/mol. The molecule has 1 unspecified atom stereocenters. The summed E-state index contributed by atoms with van der Waals surface area (Å²) in [6.07, 6.45) is -1.14. The van der Waals surface area contributed by atoms with Gasteiger partial charge in [0.1, 0.15) is 6.10 Å². The molecule has 1 fully saturated rings. The van der Waals surface area contributed by atoms with Crippen LogP contribution in [-0.4, -0.2) is 41.2 Å². The number of hydrogen-bond acceptors (Lipinski definition) is 4. The molecule has 1 atom stereocenters. The van der Waals surface area contributed by atoms with Gasteiger partial charge in [-0.25, -0.2) is 4.79 Å². The van der Waals surface area contributed by atoms with Gasteiger partial charge in [-0.05, 0) is 58.3 Å². The van der Waals surface area contributed by atoms with E-state index < -0.39 is 30.0 Å². The van der Waals surface area contributed by atoms with Gasteiger partial charge in [0.2, 0.25) is 0 Å². The summed E-state index contributed by atoms with van der Waals surface area (Å²) < 4.78 is 49.8. The maximum atomic E-state index is 12.9. The molecule has 1 N–H and O–H groups in total. The Kier molecular flexibility index (Phi) is 7.72. The van der Waals surface area contributed by atoms with E-state index in [-0.39, 0.29) is 12.0 Å². The Morgan fingerprint density at radius 2 is 1.65 bits per heavy atom. The van der Waals surface area contributed by atoms with Crippen LogP contribution in [0.3, 0.4) is 0 Å². The molecule has 1 aliphatic rings. The van der Waals surface area contributed by atoms with Gasteiger partial charge in [0.05, 0.1) is 12.2 Å². The predicted octanol–water partition coefficient (Wildman–Crippen LogP) is 4.55. The lowest BCUT2D eigenvalue weighted by Crippen LogP contribution is -2.51. The van der Waals surface area contributed by atoms with Gasteiger partial charge in [-0.2, -0.15) is 13.2 Å². The molecule has 0 radical (unpaired) electrons. The van der Waals surface area contributed by atoms with Crippen molar-refractivity contribution >= 4 is 5.97 Å². The molecule has 0 aliphatic heterocycles. The summed E-state index contributed by atoms with van der Waals surface area (Å²) in [5.74, 6) is -0.357. The zero-order valence-corrected chi connectivity index (χ0v) is 16.1. The van der Waals surface area contributed by atoms with Crippen molar-refractivity contribution in [3.05, 3.63) is 12.2 Å². The van der Waals surface area contributed by atoms with Gasteiger partial charge in [0.25, 0.3) is 0 Å². The van der Waals surface area contributed by atoms with Crippen LogP contribution in [0.25, 0.3) is 0 Å². The van der Waals surface area contributed by atoms with E-state index in [1.807, 2.05) is 13.8 Å². The summed E-state index contributed by atoms with van der Waals surface area (Å²) in [4.78, 5) is 11.6. The van der Waals surface area contributed by atoms with Gasteiger partial charge >= 0.3 is 12.1 Å². The number of carbonyl (C=O) groups excluding carboxylic acids is 1. The molecule has 0 aromatic carbocycles. The molecule has 7 heteroatoms. The van der Waals surface area contributed by atoms with E-state index in [1.165, 1.54) is 0 Å². The van der Waals surface area contributed by atoms with Crippen molar-refractivity contribution in [2.75, 3.05) is 6.61 Å². The smallest absolute Gasteiger partial charge is 0.419 e. The van der Waals surface area contributed by atoms with Crippen molar-refractivity contribution < 1.29 is 32.5 Å². The molecule has 0 saturated heterocycles. The van der Waals surface area contributed by atoms with Crippen LogP contribution in [-0.2, 0) is 14.3 Å². The first-order valence-electron chi connectivity index (χ1n) is 9.18. The number of hydrogen-bond donors (Lipinski definition) is 1. The summed E-state index contributed by atoms with van der Waals surface area (Å²) >= 11 is 0. The average molecular weight is 380 g/mol. The molecular formula is C19H31F3O4. The summed E-state index contributed by atoms with van der Waals surface area (Å²) in [5.41, 5.74) is -3.25. The Morgan fingerprint density at radius 3 is 2.04 bits per heavy atom. The molecule has 0 aromatic rings. The number of carbonyl (C=O) groups is 1. The minimum absolute atomic E-state index is 0.0568. The first kappa shape index (κ1) is 23.0. The second-order valence-corrected chi connectivity index (χ2v) is 7.49. The lowest BCUT2D eigenvalue weighted by atomic mass is 9.73. The Bertz CT molecular complexity index is 488. The Hall–Kier alpha value is -1.08. The summed E-state index contributed by atoms with van der Waals surface area (Å²) in [6.45, 7) is 8.87. The van der Waals surface area contributed by atoms with Crippen LogP contribution in [0.1, 0.15) is 66.2 Å². The molecule has 0 bridgehead atoms. The fraction of sp³-hybridized carbons (Fsp3) is 0.842. The van der Waals surface area contributed by atoms with Crippen molar-refractivity contribution in [3.63, 3.8) is 0 Å². The molecule has 152 valence electrons. The van der Waals surface area contributed by atoms with Crippen LogP contribution >= 0.6 is 0 Å². The largest absolute Gasteiger partial charge is 0.459 e. The van der Waals surface area contributed by atoms with E-state index in [4.69, 9.17) is 9.47 Å². The highest BCUT2D eigenvalue weighted by molar-refractivity contribution is 5.87. The molecule has 1 aliphatic carbocycles. The van der Waals surface area contributed by atoms with Gasteiger partial charge < -0.3 is 14.6 Å². The van der Waals surface area contributed by atoms with E-state index in [1.54, 1.807) is 6.92 Å². The second kappa shape index (κ2) is 8.74. The van der Waals surface area contributed by atoms with E-state index in [0.29, 0.717) is 44.1 Å². The van der Waals surface area contributed by atoms with Crippen molar-refractivity contribution in [2.45, 2.75) is 89.7 Å². The first-order valence-corrected chi connectivity index (χ1v) is 9.18. The normalized spacial score (nSPS) is 24.0. The summed E-state index contributed by atoms with van der Waals surface area (Å²) in [5, 5.41) is 9.68. The molecule has 4 nitrogen and oxygen atoms in total. The highest BCUT2D eigenvalue weighted by Crippen LogP contribution is 2.42. The first-order chi connectivity index (χ1) is 11.9. The van der Waals surface area contributed by atoms with Crippen LogP contribution in [0.2, 0.25) is 0 Å². The van der Waals surface area contributed by atoms with E-state index in [0.717, 1.165) is 6.92 Å². The second-order valence-electron chi connectivity index (χ2n) is 7.49. The quantitative estimate of drug-likeness (QED) is 0.496. The van der Waals surface area contributed by atoms with Crippen LogP contribution in [0.4, 0.5) is 13.2 Å². The number of alkyl halides is 3. The SMILES string of the molecule is C=C(C)C(=O)OC1CCC(C(CC)(CC)OCC(C)(O)C(F)(F)F)CC1. The van der Waals surface area contributed by atoms with Crippen LogP contribution < -0.4 is 0 Å². The third-order valence-corrected chi connectivity index (χ3v) is 5.49. The van der Waals surface area contributed by atoms with Gasteiger partial charge in [0, 0.05) is 5.57 Å². The predicted molar refractivity (Wildman–Crippen MR) is 92.6 cm³/mol. The lowest BCUT2D eigenvalue weighted by molar-refractivity contribution is -0.281. The number of halogens is 3. The number of rotatable bonds is 8. The van der Waals surface area contributed by atoms with Crippen LogP contribution in [0.15, 0.2) is 12.2 Å². The number of ether oxygens (including phenoxy) is 2. The molecule has 0 heterocycles. The van der Waals surface area contributed by atoms with Gasteiger partial charge in [0.15, 0.2) is 5.60 Å². The van der Waals surface area contributed by atoms with E-state index in [9.17, 15) is 23.1 Å². The van der Waals surface area contributed by atoms with Crippen molar-refractivity contribution in [1.82, 2.24) is 0 Å². The van der Waals surface area contributed by atoms with Gasteiger partial charge in [-0.15, -0.1) is 0 Å². The van der Waals surface area contributed by atoms with Crippen molar-refractivity contribution in [2.24, 2.45) is 5.92 Å². The Morgan fingerprint density at radius 1 is 1.15 bits per heavy atom. The average Bonchev–Trinajstić information content (AvgIpc) is 2.56. The fourth-order valence-electron chi connectivity index (χ4n) is 3.47. The minimum Gasteiger partial charge on any atom is -0.459 e. The van der Waals surface area contributed by atoms with Crippen LogP contribution in [0, 0.1) is 5.92 Å². The maximum absolute atomic E-state index is 12.9. The van der Waals surface area contributed by atoms with Gasteiger partial charge in [-0.1, -0.05) is 20.4 Å². The molecular weight excluding hydrogens is 349 g/mol. The number of esters is 1. The van der Waals surface area contributed by atoms with Crippen LogP contribution in [0.5, 0.6) is 0 Å². The maximum Gasteiger partial charge on any atom is 0.419 e. The fourth-order valence-corrected chi connectivity index (χ4v) is 3.47. The zero-order valence-electron chi connectivity index (χ0n) is 16.1. The zero-order chi connectivity index (χ0) is 20.2. The third-order valence-electron chi connectivity index (χ3n) is 5.49. The summed E-state index contributed by atoms with van der Waals surface area (Å²) in [7, 11) is 0. The molecule has 26 heavy (non-hydrogen) atoms. The van der Waals surface area contributed by atoms with Gasteiger partial charge in [-0.3, -0.25) is 0 Å². The highest BCUT2D eigenvalue weighted by Gasteiger charge is 2.52. The number of aliphatic hydroxyl groups is 1. The Labute approximate surface area is 153 Å². The third kappa shape index (κ3) is 5.46. The molecule has 1 saturated carbocycles. The lowest BCUT2D eigenvalue weighted by Gasteiger charge is -2.44. The highest BCUT2D eigenvalue weighted by atomic mass is 19.4. The minimum atomic E-state index is -4.74.